The van der Waals surface area contributed by atoms with Gasteiger partial charge in [-0.3, -0.25) is 0 Å². The molecule has 0 saturated heterocycles. The van der Waals surface area contributed by atoms with Gasteiger partial charge in [0.2, 0.25) is 0 Å². The summed E-state index contributed by atoms with van der Waals surface area (Å²) in [5.74, 6) is 0.360. The molecule has 3 nitrogen and oxygen atoms in total. The van der Waals surface area contributed by atoms with Gasteiger partial charge in [0.05, 0.1) is 0 Å². The lowest BCUT2D eigenvalue weighted by Crippen LogP contribution is -2.19. The highest BCUT2D eigenvalue weighted by Crippen LogP contribution is 2.31. The van der Waals surface area contributed by atoms with Gasteiger partial charge >= 0.3 is 0 Å². The van der Waals surface area contributed by atoms with Crippen LogP contribution in [-0.4, -0.2) is 11.5 Å². The molecule has 0 spiro atoms. The Kier molecular flexibility index (Phi) is 3.39. The molecule has 0 aliphatic carbocycles. The molecule has 2 rings (SSSR count). The van der Waals surface area contributed by atoms with E-state index in [4.69, 9.17) is 10.2 Å². The number of hydrogen-bond acceptors (Lipinski definition) is 3. The molecule has 0 amide bonds. The van der Waals surface area contributed by atoms with Gasteiger partial charge in [0.25, 0.3) is 0 Å². The predicted octanol–water partition coefficient (Wildman–Crippen LogP) is 3.45. The van der Waals surface area contributed by atoms with Gasteiger partial charge in [-0.2, -0.15) is 0 Å². The summed E-state index contributed by atoms with van der Waals surface area (Å²) >= 11 is 0. The highest BCUT2D eigenvalue weighted by Gasteiger charge is 2.23. The molecule has 1 aromatic carbocycles. The molecule has 0 saturated carbocycles. The number of halogens is 1. The minimum Gasteiger partial charge on any atom is -0.440 e. The first-order chi connectivity index (χ1) is 8.39. The summed E-state index contributed by atoms with van der Waals surface area (Å²) in [4.78, 5) is 4.40. The third-order valence-corrected chi connectivity index (χ3v) is 2.86. The van der Waals surface area contributed by atoms with Crippen molar-refractivity contribution in [2.45, 2.75) is 33.1 Å². The Hall–Kier alpha value is -1.42. The molecular weight excluding hydrogens is 231 g/mol. The van der Waals surface area contributed by atoms with Crippen LogP contribution in [0.2, 0.25) is 0 Å². The number of nitrogens with two attached hydrogens (primary N) is 1. The van der Waals surface area contributed by atoms with Crippen LogP contribution in [0.25, 0.3) is 11.1 Å². The SMILES string of the molecule is CC(C)(C)CC(CN)c1nc2ccc(F)cc2o1. The van der Waals surface area contributed by atoms with E-state index in [1.165, 1.54) is 12.1 Å². The van der Waals surface area contributed by atoms with Gasteiger partial charge in [0.1, 0.15) is 11.3 Å². The molecule has 2 aromatic rings. The van der Waals surface area contributed by atoms with Crippen LogP contribution >= 0.6 is 0 Å². The van der Waals surface area contributed by atoms with Crippen LogP contribution in [0.3, 0.4) is 0 Å². The zero-order chi connectivity index (χ0) is 13.3. The van der Waals surface area contributed by atoms with Crippen LogP contribution in [0, 0.1) is 11.2 Å². The fourth-order valence-corrected chi connectivity index (χ4v) is 2.10. The molecular formula is C14H19FN2O. The molecule has 1 heterocycles. The van der Waals surface area contributed by atoms with E-state index in [0.717, 1.165) is 6.42 Å². The Morgan fingerprint density at radius 1 is 1.39 bits per heavy atom. The lowest BCUT2D eigenvalue weighted by Gasteiger charge is -2.22. The molecule has 0 fully saturated rings. The summed E-state index contributed by atoms with van der Waals surface area (Å²) in [7, 11) is 0. The number of hydrogen-bond donors (Lipinski definition) is 1. The zero-order valence-corrected chi connectivity index (χ0v) is 11.0. The van der Waals surface area contributed by atoms with Crippen LogP contribution in [0.1, 0.15) is 39.0 Å². The first kappa shape index (κ1) is 13.0. The van der Waals surface area contributed by atoms with Crippen molar-refractivity contribution in [1.29, 1.82) is 0 Å². The van der Waals surface area contributed by atoms with E-state index in [0.29, 0.717) is 23.5 Å². The van der Waals surface area contributed by atoms with E-state index < -0.39 is 0 Å². The fraction of sp³-hybridized carbons (Fsp3) is 0.500. The molecule has 2 N–H and O–H groups in total. The zero-order valence-electron chi connectivity index (χ0n) is 11.0. The topological polar surface area (TPSA) is 52.0 Å². The van der Waals surface area contributed by atoms with Crippen molar-refractivity contribution in [1.82, 2.24) is 4.98 Å². The van der Waals surface area contributed by atoms with Crippen LogP contribution in [0.15, 0.2) is 22.6 Å². The molecule has 0 aliphatic rings. The first-order valence-corrected chi connectivity index (χ1v) is 6.15. The minimum absolute atomic E-state index is 0.0699. The lowest BCUT2D eigenvalue weighted by atomic mass is 9.84. The van der Waals surface area contributed by atoms with Crippen molar-refractivity contribution >= 4 is 11.1 Å². The van der Waals surface area contributed by atoms with E-state index in [1.807, 2.05) is 0 Å². The van der Waals surface area contributed by atoms with E-state index in [9.17, 15) is 4.39 Å². The van der Waals surface area contributed by atoms with Gasteiger partial charge in [-0.1, -0.05) is 20.8 Å². The molecule has 4 heteroatoms. The van der Waals surface area contributed by atoms with E-state index in [2.05, 4.69) is 25.8 Å². The van der Waals surface area contributed by atoms with E-state index in [-0.39, 0.29) is 17.2 Å². The maximum atomic E-state index is 13.1. The Morgan fingerprint density at radius 2 is 2.11 bits per heavy atom. The average molecular weight is 250 g/mol. The van der Waals surface area contributed by atoms with E-state index in [1.54, 1.807) is 6.07 Å². The second-order valence-corrected chi connectivity index (χ2v) is 5.86. The van der Waals surface area contributed by atoms with Crippen LogP contribution < -0.4 is 5.73 Å². The molecule has 98 valence electrons. The van der Waals surface area contributed by atoms with Gasteiger partial charge in [0, 0.05) is 18.5 Å². The first-order valence-electron chi connectivity index (χ1n) is 6.15. The van der Waals surface area contributed by atoms with Gasteiger partial charge < -0.3 is 10.2 Å². The molecule has 0 aliphatic heterocycles. The monoisotopic (exact) mass is 250 g/mol. The maximum Gasteiger partial charge on any atom is 0.199 e. The third-order valence-electron chi connectivity index (χ3n) is 2.86. The van der Waals surface area contributed by atoms with Crippen molar-refractivity contribution < 1.29 is 8.81 Å². The van der Waals surface area contributed by atoms with Crippen molar-refractivity contribution in [3.8, 4) is 0 Å². The van der Waals surface area contributed by atoms with Crippen molar-refractivity contribution in [3.63, 3.8) is 0 Å². The number of rotatable bonds is 3. The van der Waals surface area contributed by atoms with Gasteiger partial charge in [-0.25, -0.2) is 9.37 Å². The number of benzene rings is 1. The molecule has 18 heavy (non-hydrogen) atoms. The number of fused-ring (bicyclic) bond motifs is 1. The Morgan fingerprint density at radius 3 is 2.72 bits per heavy atom. The number of oxazole rings is 1. The lowest BCUT2D eigenvalue weighted by molar-refractivity contribution is 0.314. The maximum absolute atomic E-state index is 13.1. The standard InChI is InChI=1S/C14H19FN2O/c1-14(2,3)7-9(8-16)13-17-11-5-4-10(15)6-12(11)18-13/h4-6,9H,7-8,16H2,1-3H3. The average Bonchev–Trinajstić information content (AvgIpc) is 2.67. The Labute approximate surface area is 106 Å². The summed E-state index contributed by atoms with van der Waals surface area (Å²) in [6, 6.07) is 4.37. The second kappa shape index (κ2) is 4.69. The van der Waals surface area contributed by atoms with Gasteiger partial charge in [0.15, 0.2) is 11.5 Å². The normalized spacial score (nSPS) is 14.1. The van der Waals surface area contributed by atoms with Crippen molar-refractivity contribution in [2.75, 3.05) is 6.54 Å². The summed E-state index contributed by atoms with van der Waals surface area (Å²) in [6.07, 6.45) is 0.888. The van der Waals surface area contributed by atoms with Crippen molar-refractivity contribution in [2.24, 2.45) is 11.1 Å². The largest absolute Gasteiger partial charge is 0.440 e. The van der Waals surface area contributed by atoms with Crippen LogP contribution in [-0.2, 0) is 0 Å². The Bertz CT molecular complexity index is 542. The molecule has 1 aromatic heterocycles. The van der Waals surface area contributed by atoms with Crippen molar-refractivity contribution in [3.05, 3.63) is 29.9 Å². The van der Waals surface area contributed by atoms with E-state index >= 15 is 0 Å². The smallest absolute Gasteiger partial charge is 0.199 e. The fourth-order valence-electron chi connectivity index (χ4n) is 2.10. The highest BCUT2D eigenvalue weighted by molar-refractivity contribution is 5.72. The third kappa shape index (κ3) is 2.88. The summed E-state index contributed by atoms with van der Waals surface area (Å²) in [6.45, 7) is 6.93. The van der Waals surface area contributed by atoms with Crippen LogP contribution in [0.4, 0.5) is 4.39 Å². The quantitative estimate of drug-likeness (QED) is 0.907. The van der Waals surface area contributed by atoms with Gasteiger partial charge in [-0.15, -0.1) is 0 Å². The molecule has 0 bridgehead atoms. The highest BCUT2D eigenvalue weighted by atomic mass is 19.1. The summed E-state index contributed by atoms with van der Waals surface area (Å²) < 4.78 is 18.7. The molecule has 1 unspecified atom stereocenters. The van der Waals surface area contributed by atoms with Gasteiger partial charge in [-0.05, 0) is 24.0 Å². The number of aromatic nitrogens is 1. The summed E-state index contributed by atoms with van der Waals surface area (Å²) in [5, 5.41) is 0. The Balaban J connectivity index is 2.34. The second-order valence-electron chi connectivity index (χ2n) is 5.86. The number of nitrogens with zero attached hydrogens (tertiary/aromatic N) is 1. The molecule has 1 atom stereocenters. The minimum atomic E-state index is -0.315. The van der Waals surface area contributed by atoms with Crippen LogP contribution in [0.5, 0.6) is 0 Å². The predicted molar refractivity (Wildman–Crippen MR) is 69.8 cm³/mol. The summed E-state index contributed by atoms with van der Waals surface area (Å²) in [5.41, 5.74) is 7.10. The molecule has 0 radical (unpaired) electrons.